The highest BCUT2D eigenvalue weighted by Crippen LogP contribution is 2.29. The van der Waals surface area contributed by atoms with Gasteiger partial charge in [0.2, 0.25) is 0 Å². The SMILES string of the molecule is COC(=O)c1ccc(C(=O)N2CCN(C(c3ccccc3)c3ccccc3)CC2)cc1. The van der Waals surface area contributed by atoms with E-state index >= 15 is 0 Å². The van der Waals surface area contributed by atoms with Crippen molar-refractivity contribution in [3.05, 3.63) is 107 Å². The number of nitrogens with zero attached hydrogens (tertiary/aromatic N) is 2. The predicted octanol–water partition coefficient (Wildman–Crippen LogP) is 4.02. The lowest BCUT2D eigenvalue weighted by Gasteiger charge is -2.39. The molecular weight excluding hydrogens is 388 g/mol. The molecule has 0 aliphatic carbocycles. The zero-order valence-corrected chi connectivity index (χ0v) is 17.6. The van der Waals surface area contributed by atoms with Gasteiger partial charge in [0, 0.05) is 31.7 Å². The van der Waals surface area contributed by atoms with Crippen molar-refractivity contribution in [2.75, 3.05) is 33.3 Å². The molecule has 0 unspecified atom stereocenters. The zero-order valence-electron chi connectivity index (χ0n) is 17.6. The normalized spacial score (nSPS) is 14.5. The fraction of sp³-hybridized carbons (Fsp3) is 0.231. The van der Waals surface area contributed by atoms with Crippen LogP contribution < -0.4 is 0 Å². The second kappa shape index (κ2) is 9.58. The number of carbonyl (C=O) groups excluding carboxylic acids is 2. The first-order valence-electron chi connectivity index (χ1n) is 10.5. The van der Waals surface area contributed by atoms with E-state index in [0.717, 1.165) is 13.1 Å². The Kier molecular flexibility index (Phi) is 6.43. The third-order valence-electron chi connectivity index (χ3n) is 5.75. The molecule has 5 nitrogen and oxygen atoms in total. The van der Waals surface area contributed by atoms with E-state index in [-0.39, 0.29) is 11.9 Å². The Balaban J connectivity index is 1.46. The van der Waals surface area contributed by atoms with Crippen molar-refractivity contribution in [3.63, 3.8) is 0 Å². The van der Waals surface area contributed by atoms with Crippen molar-refractivity contribution in [3.8, 4) is 0 Å². The van der Waals surface area contributed by atoms with Crippen LogP contribution in [0.3, 0.4) is 0 Å². The summed E-state index contributed by atoms with van der Waals surface area (Å²) in [6.45, 7) is 2.91. The summed E-state index contributed by atoms with van der Waals surface area (Å²) in [5.41, 5.74) is 3.54. The van der Waals surface area contributed by atoms with Crippen LogP contribution in [0.25, 0.3) is 0 Å². The molecule has 4 rings (SSSR count). The lowest BCUT2D eigenvalue weighted by atomic mass is 9.96. The van der Waals surface area contributed by atoms with Gasteiger partial charge in [0.15, 0.2) is 0 Å². The van der Waals surface area contributed by atoms with Gasteiger partial charge in [-0.05, 0) is 35.4 Å². The molecule has 0 bridgehead atoms. The number of methoxy groups -OCH3 is 1. The van der Waals surface area contributed by atoms with Gasteiger partial charge in [0.05, 0.1) is 18.7 Å². The molecule has 1 aliphatic rings. The van der Waals surface area contributed by atoms with E-state index in [9.17, 15) is 9.59 Å². The molecule has 0 aromatic heterocycles. The Hall–Kier alpha value is -3.44. The second-order valence-corrected chi connectivity index (χ2v) is 7.62. The van der Waals surface area contributed by atoms with Crippen LogP contribution >= 0.6 is 0 Å². The van der Waals surface area contributed by atoms with E-state index in [2.05, 4.69) is 53.4 Å². The van der Waals surface area contributed by atoms with Crippen LogP contribution in [0.15, 0.2) is 84.9 Å². The lowest BCUT2D eigenvalue weighted by molar-refractivity contribution is 0.0587. The minimum absolute atomic E-state index is 0.00737. The fourth-order valence-corrected chi connectivity index (χ4v) is 4.12. The van der Waals surface area contributed by atoms with Crippen molar-refractivity contribution in [1.82, 2.24) is 9.80 Å². The molecule has 0 spiro atoms. The summed E-state index contributed by atoms with van der Waals surface area (Å²) in [5.74, 6) is -0.410. The monoisotopic (exact) mass is 414 g/mol. The smallest absolute Gasteiger partial charge is 0.337 e. The number of amides is 1. The van der Waals surface area contributed by atoms with Gasteiger partial charge in [-0.25, -0.2) is 4.79 Å². The Morgan fingerprint density at radius 3 is 1.68 bits per heavy atom. The number of hydrogen-bond donors (Lipinski definition) is 0. The first kappa shape index (κ1) is 20.8. The molecule has 31 heavy (non-hydrogen) atoms. The van der Waals surface area contributed by atoms with E-state index in [1.54, 1.807) is 24.3 Å². The summed E-state index contributed by atoms with van der Waals surface area (Å²) in [6.07, 6.45) is 0. The number of rotatable bonds is 5. The lowest BCUT2D eigenvalue weighted by Crippen LogP contribution is -2.49. The molecule has 3 aromatic rings. The van der Waals surface area contributed by atoms with Gasteiger partial charge in [-0.1, -0.05) is 60.7 Å². The average Bonchev–Trinajstić information content (AvgIpc) is 2.85. The van der Waals surface area contributed by atoms with Crippen LogP contribution in [-0.4, -0.2) is 55.0 Å². The van der Waals surface area contributed by atoms with E-state index < -0.39 is 5.97 Å². The molecule has 3 aromatic carbocycles. The standard InChI is InChI=1S/C26H26N2O3/c1-31-26(30)23-14-12-22(13-15-23)25(29)28-18-16-27(17-19-28)24(20-8-4-2-5-9-20)21-10-6-3-7-11-21/h2-15,24H,16-19H2,1H3. The maximum absolute atomic E-state index is 13.0. The highest BCUT2D eigenvalue weighted by molar-refractivity contribution is 5.96. The number of esters is 1. The van der Waals surface area contributed by atoms with Crippen molar-refractivity contribution in [2.45, 2.75) is 6.04 Å². The molecule has 1 aliphatic heterocycles. The van der Waals surface area contributed by atoms with Gasteiger partial charge < -0.3 is 9.64 Å². The molecular formula is C26H26N2O3. The van der Waals surface area contributed by atoms with Gasteiger partial charge in [-0.3, -0.25) is 9.69 Å². The highest BCUT2D eigenvalue weighted by atomic mass is 16.5. The van der Waals surface area contributed by atoms with Crippen LogP contribution in [0, 0.1) is 0 Å². The number of ether oxygens (including phenoxy) is 1. The van der Waals surface area contributed by atoms with Crippen LogP contribution in [-0.2, 0) is 4.74 Å². The number of benzene rings is 3. The quantitative estimate of drug-likeness (QED) is 0.592. The molecule has 1 heterocycles. The van der Waals surface area contributed by atoms with Gasteiger partial charge >= 0.3 is 5.97 Å². The summed E-state index contributed by atoms with van der Waals surface area (Å²) >= 11 is 0. The van der Waals surface area contributed by atoms with Crippen LogP contribution in [0.4, 0.5) is 0 Å². The molecule has 5 heteroatoms. The van der Waals surface area contributed by atoms with Crippen LogP contribution in [0.5, 0.6) is 0 Å². The van der Waals surface area contributed by atoms with E-state index in [0.29, 0.717) is 24.2 Å². The highest BCUT2D eigenvalue weighted by Gasteiger charge is 2.28. The largest absolute Gasteiger partial charge is 0.465 e. The van der Waals surface area contributed by atoms with E-state index in [1.807, 2.05) is 17.0 Å². The first-order valence-corrected chi connectivity index (χ1v) is 10.5. The maximum Gasteiger partial charge on any atom is 0.337 e. The van der Waals surface area contributed by atoms with Crippen LogP contribution in [0.1, 0.15) is 37.9 Å². The van der Waals surface area contributed by atoms with Crippen molar-refractivity contribution >= 4 is 11.9 Å². The van der Waals surface area contributed by atoms with Gasteiger partial charge in [0.1, 0.15) is 0 Å². The molecule has 1 amide bonds. The molecule has 0 N–H and O–H groups in total. The molecule has 0 atom stereocenters. The minimum Gasteiger partial charge on any atom is -0.465 e. The molecule has 0 radical (unpaired) electrons. The third kappa shape index (κ3) is 4.67. The average molecular weight is 415 g/mol. The Labute approximate surface area is 182 Å². The maximum atomic E-state index is 13.0. The fourth-order valence-electron chi connectivity index (χ4n) is 4.12. The van der Waals surface area contributed by atoms with Gasteiger partial charge in [-0.2, -0.15) is 0 Å². The molecule has 158 valence electrons. The van der Waals surface area contributed by atoms with Crippen molar-refractivity contribution < 1.29 is 14.3 Å². The number of piperazine rings is 1. The molecule has 1 fully saturated rings. The van der Waals surface area contributed by atoms with Crippen LogP contribution in [0.2, 0.25) is 0 Å². The predicted molar refractivity (Wildman–Crippen MR) is 120 cm³/mol. The molecule has 0 saturated carbocycles. The first-order chi connectivity index (χ1) is 15.2. The van der Waals surface area contributed by atoms with Gasteiger partial charge in [0.25, 0.3) is 5.91 Å². The zero-order chi connectivity index (χ0) is 21.6. The van der Waals surface area contributed by atoms with Crippen molar-refractivity contribution in [1.29, 1.82) is 0 Å². The second-order valence-electron chi connectivity index (χ2n) is 7.62. The van der Waals surface area contributed by atoms with Crippen molar-refractivity contribution in [2.24, 2.45) is 0 Å². The summed E-state index contributed by atoms with van der Waals surface area (Å²) in [5, 5.41) is 0. The third-order valence-corrected chi connectivity index (χ3v) is 5.75. The van der Waals surface area contributed by atoms with Gasteiger partial charge in [-0.15, -0.1) is 0 Å². The summed E-state index contributed by atoms with van der Waals surface area (Å²) in [4.78, 5) is 28.9. The topological polar surface area (TPSA) is 49.9 Å². The molecule has 1 saturated heterocycles. The Morgan fingerprint density at radius 2 is 1.19 bits per heavy atom. The number of hydrogen-bond acceptors (Lipinski definition) is 4. The summed E-state index contributed by atoms with van der Waals surface area (Å²) in [6, 6.07) is 27.8. The number of carbonyl (C=O) groups is 2. The minimum atomic E-state index is -0.402. The summed E-state index contributed by atoms with van der Waals surface area (Å²) < 4.78 is 4.72. The Morgan fingerprint density at radius 1 is 0.710 bits per heavy atom. The van der Waals surface area contributed by atoms with E-state index in [4.69, 9.17) is 4.74 Å². The Bertz CT molecular complexity index is 972. The van der Waals surface area contributed by atoms with E-state index in [1.165, 1.54) is 18.2 Å². The summed E-state index contributed by atoms with van der Waals surface area (Å²) in [7, 11) is 1.35.